The second-order valence-electron chi connectivity index (χ2n) is 4.76. The van der Waals surface area contributed by atoms with Gasteiger partial charge >= 0.3 is 0 Å². The summed E-state index contributed by atoms with van der Waals surface area (Å²) in [6.07, 6.45) is 0.0292. The molecule has 0 saturated carbocycles. The van der Waals surface area contributed by atoms with E-state index < -0.39 is 0 Å². The molecule has 0 aliphatic rings. The summed E-state index contributed by atoms with van der Waals surface area (Å²) in [5, 5.41) is 0. The molecule has 0 saturated heterocycles. The maximum atomic E-state index is 5.90. The van der Waals surface area contributed by atoms with E-state index in [1.54, 1.807) is 7.11 Å². The molecule has 3 nitrogen and oxygen atoms in total. The molecule has 2 aromatic carbocycles. The van der Waals surface area contributed by atoms with Crippen molar-refractivity contribution in [2.45, 2.75) is 19.6 Å². The smallest absolute Gasteiger partial charge is 0.129 e. The molecule has 0 radical (unpaired) electrons. The Hall–Kier alpha value is -1.91. The number of rotatable bonds is 6. The first-order valence-electron chi connectivity index (χ1n) is 6.75. The fourth-order valence-corrected chi connectivity index (χ4v) is 2.24. The molecular formula is C17H19NO2S. The van der Waals surface area contributed by atoms with Gasteiger partial charge in [-0.2, -0.15) is 0 Å². The first-order chi connectivity index (χ1) is 10.1. The quantitative estimate of drug-likeness (QED) is 0.828. The van der Waals surface area contributed by atoms with E-state index in [2.05, 4.69) is 12.1 Å². The summed E-state index contributed by atoms with van der Waals surface area (Å²) in [7, 11) is 1.60. The summed E-state index contributed by atoms with van der Waals surface area (Å²) in [6.45, 7) is 2.53. The maximum Gasteiger partial charge on any atom is 0.129 e. The minimum atomic E-state index is 0.0292. The molecule has 0 fully saturated rings. The van der Waals surface area contributed by atoms with Crippen molar-refractivity contribution in [1.29, 1.82) is 0 Å². The van der Waals surface area contributed by atoms with Crippen molar-refractivity contribution in [2.75, 3.05) is 7.11 Å². The van der Waals surface area contributed by atoms with Gasteiger partial charge in [-0.15, -0.1) is 0 Å². The highest BCUT2D eigenvalue weighted by atomic mass is 32.1. The monoisotopic (exact) mass is 301 g/mol. The first-order valence-corrected chi connectivity index (χ1v) is 7.16. The molecule has 0 amide bonds. The van der Waals surface area contributed by atoms with E-state index in [0.29, 0.717) is 17.3 Å². The Morgan fingerprint density at radius 1 is 1.19 bits per heavy atom. The number of ether oxygens (including phenoxy) is 2. The zero-order valence-corrected chi connectivity index (χ0v) is 13.0. The normalized spacial score (nSPS) is 11.9. The van der Waals surface area contributed by atoms with Crippen LogP contribution in [-0.4, -0.2) is 12.1 Å². The molecule has 0 aromatic heterocycles. The Bertz CT molecular complexity index is 613. The molecule has 2 aromatic rings. The van der Waals surface area contributed by atoms with Gasteiger partial charge in [0, 0.05) is 0 Å². The molecule has 2 rings (SSSR count). The highest BCUT2D eigenvalue weighted by Crippen LogP contribution is 2.22. The van der Waals surface area contributed by atoms with Crippen LogP contribution < -0.4 is 10.5 Å². The van der Waals surface area contributed by atoms with Gasteiger partial charge in [0.1, 0.15) is 10.7 Å². The van der Waals surface area contributed by atoms with Crippen LogP contribution in [-0.2, 0) is 11.3 Å². The number of methoxy groups -OCH3 is 1. The third-order valence-electron chi connectivity index (χ3n) is 3.30. The topological polar surface area (TPSA) is 44.5 Å². The van der Waals surface area contributed by atoms with Crippen molar-refractivity contribution >= 4 is 17.2 Å². The highest BCUT2D eigenvalue weighted by Gasteiger charge is 2.09. The molecule has 0 heterocycles. The molecule has 0 aliphatic heterocycles. The summed E-state index contributed by atoms with van der Waals surface area (Å²) in [5.74, 6) is 0.683. The van der Waals surface area contributed by atoms with Gasteiger partial charge < -0.3 is 15.2 Å². The lowest BCUT2D eigenvalue weighted by atomic mass is 10.1. The van der Waals surface area contributed by atoms with Crippen LogP contribution in [0, 0.1) is 0 Å². The van der Waals surface area contributed by atoms with Crippen LogP contribution >= 0.6 is 12.2 Å². The number of nitrogens with two attached hydrogens (primary N) is 1. The lowest BCUT2D eigenvalue weighted by molar-refractivity contribution is 0.0525. The van der Waals surface area contributed by atoms with E-state index in [9.17, 15) is 0 Å². The second-order valence-corrected chi connectivity index (χ2v) is 5.20. The van der Waals surface area contributed by atoms with Gasteiger partial charge in [0.05, 0.1) is 25.4 Å². The third kappa shape index (κ3) is 4.03. The molecule has 2 N–H and O–H groups in total. The summed E-state index contributed by atoms with van der Waals surface area (Å²) >= 11 is 5.04. The van der Waals surface area contributed by atoms with Crippen LogP contribution in [0.15, 0.2) is 48.5 Å². The van der Waals surface area contributed by atoms with Crippen molar-refractivity contribution in [3.63, 3.8) is 0 Å². The minimum Gasteiger partial charge on any atom is -0.496 e. The van der Waals surface area contributed by atoms with Crippen molar-refractivity contribution in [1.82, 2.24) is 0 Å². The van der Waals surface area contributed by atoms with Gasteiger partial charge in [-0.1, -0.05) is 48.6 Å². The number of benzene rings is 2. The molecule has 1 atom stereocenters. The van der Waals surface area contributed by atoms with Crippen LogP contribution in [0.2, 0.25) is 0 Å². The second kappa shape index (κ2) is 7.20. The lowest BCUT2D eigenvalue weighted by Crippen LogP contribution is -2.12. The van der Waals surface area contributed by atoms with Crippen molar-refractivity contribution < 1.29 is 9.47 Å². The van der Waals surface area contributed by atoms with Crippen LogP contribution in [0.25, 0.3) is 0 Å². The van der Waals surface area contributed by atoms with Crippen LogP contribution in [0.4, 0.5) is 0 Å². The lowest BCUT2D eigenvalue weighted by Gasteiger charge is -2.15. The Balaban J connectivity index is 2.07. The number of hydrogen-bond acceptors (Lipinski definition) is 3. The van der Waals surface area contributed by atoms with E-state index >= 15 is 0 Å². The van der Waals surface area contributed by atoms with Crippen molar-refractivity contribution in [2.24, 2.45) is 5.73 Å². The molecular weight excluding hydrogens is 282 g/mol. The molecule has 4 heteroatoms. The highest BCUT2D eigenvalue weighted by molar-refractivity contribution is 7.80. The van der Waals surface area contributed by atoms with E-state index in [1.807, 2.05) is 43.3 Å². The van der Waals surface area contributed by atoms with Gasteiger partial charge in [0.15, 0.2) is 0 Å². The zero-order chi connectivity index (χ0) is 15.2. The average molecular weight is 301 g/mol. The van der Waals surface area contributed by atoms with Crippen LogP contribution in [0.1, 0.15) is 29.7 Å². The standard InChI is InChI=1S/C17H19NO2S/c1-12(14-6-4-3-5-7-14)20-11-13-8-9-16(19-2)15(10-13)17(18)21/h3-10,12H,11H2,1-2H3,(H2,18,21). The zero-order valence-electron chi connectivity index (χ0n) is 12.2. The molecule has 21 heavy (non-hydrogen) atoms. The van der Waals surface area contributed by atoms with Crippen molar-refractivity contribution in [3.8, 4) is 5.75 Å². The number of thiocarbonyl (C=S) groups is 1. The minimum absolute atomic E-state index is 0.0292. The van der Waals surface area contributed by atoms with E-state index in [0.717, 1.165) is 16.7 Å². The van der Waals surface area contributed by atoms with E-state index in [-0.39, 0.29) is 6.10 Å². The molecule has 110 valence electrons. The van der Waals surface area contributed by atoms with Gasteiger partial charge in [-0.05, 0) is 30.2 Å². The van der Waals surface area contributed by atoms with Gasteiger partial charge in [0.2, 0.25) is 0 Å². The fourth-order valence-electron chi connectivity index (χ4n) is 2.08. The molecule has 0 spiro atoms. The van der Waals surface area contributed by atoms with Gasteiger partial charge in [-0.25, -0.2) is 0 Å². The van der Waals surface area contributed by atoms with E-state index in [1.165, 1.54) is 0 Å². The van der Waals surface area contributed by atoms with Gasteiger partial charge in [-0.3, -0.25) is 0 Å². The molecule has 0 bridgehead atoms. The van der Waals surface area contributed by atoms with Crippen molar-refractivity contribution in [3.05, 3.63) is 65.2 Å². The van der Waals surface area contributed by atoms with Gasteiger partial charge in [0.25, 0.3) is 0 Å². The van der Waals surface area contributed by atoms with Crippen LogP contribution in [0.3, 0.4) is 0 Å². The average Bonchev–Trinajstić information content (AvgIpc) is 2.53. The summed E-state index contributed by atoms with van der Waals surface area (Å²) in [4.78, 5) is 0.324. The maximum absolute atomic E-state index is 5.90. The first kappa shape index (κ1) is 15.5. The summed E-state index contributed by atoms with van der Waals surface area (Å²) < 4.78 is 11.1. The third-order valence-corrected chi connectivity index (χ3v) is 3.52. The Labute approximate surface area is 130 Å². The fraction of sp³-hybridized carbons (Fsp3) is 0.235. The summed E-state index contributed by atoms with van der Waals surface area (Å²) in [6, 6.07) is 15.9. The number of hydrogen-bond donors (Lipinski definition) is 1. The molecule has 0 aliphatic carbocycles. The largest absolute Gasteiger partial charge is 0.496 e. The predicted octanol–water partition coefficient (Wildman–Crippen LogP) is 3.61. The van der Waals surface area contributed by atoms with Crippen LogP contribution in [0.5, 0.6) is 5.75 Å². The van der Waals surface area contributed by atoms with E-state index in [4.69, 9.17) is 27.4 Å². The Morgan fingerprint density at radius 3 is 2.52 bits per heavy atom. The SMILES string of the molecule is COc1ccc(COC(C)c2ccccc2)cc1C(N)=S. The Kier molecular flexibility index (Phi) is 5.31. The molecule has 1 unspecified atom stereocenters. The summed E-state index contributed by atoms with van der Waals surface area (Å²) in [5.41, 5.74) is 8.62. The predicted molar refractivity (Wildman–Crippen MR) is 88.5 cm³/mol. The Morgan fingerprint density at radius 2 is 1.90 bits per heavy atom.